The third-order valence-electron chi connectivity index (χ3n) is 3.37. The second kappa shape index (κ2) is 5.02. The summed E-state index contributed by atoms with van der Waals surface area (Å²) in [6, 6.07) is 8.28. The molecule has 100 valence electrons. The minimum absolute atomic E-state index is 0.0724. The summed E-state index contributed by atoms with van der Waals surface area (Å²) in [7, 11) is 0. The Kier molecular flexibility index (Phi) is 3.59. The van der Waals surface area contributed by atoms with Gasteiger partial charge in [0, 0.05) is 12.2 Å². The molecule has 0 atom stereocenters. The van der Waals surface area contributed by atoms with E-state index in [9.17, 15) is 4.79 Å². The Labute approximate surface area is 113 Å². The van der Waals surface area contributed by atoms with E-state index < -0.39 is 5.41 Å². The molecule has 4 nitrogen and oxygen atoms in total. The van der Waals surface area contributed by atoms with Gasteiger partial charge in [-0.2, -0.15) is 5.26 Å². The zero-order valence-electron chi connectivity index (χ0n) is 11.4. The lowest BCUT2D eigenvalue weighted by atomic mass is 9.95. The molecule has 0 radical (unpaired) electrons. The molecule has 0 aliphatic carbocycles. The summed E-state index contributed by atoms with van der Waals surface area (Å²) in [6.45, 7) is 4.74. The first-order valence-corrected chi connectivity index (χ1v) is 6.50. The van der Waals surface area contributed by atoms with Gasteiger partial charge in [0.25, 0.3) is 0 Å². The van der Waals surface area contributed by atoms with Crippen LogP contribution in [0, 0.1) is 16.7 Å². The quantitative estimate of drug-likeness (QED) is 0.891. The van der Waals surface area contributed by atoms with Crippen LogP contribution in [0.3, 0.4) is 0 Å². The summed E-state index contributed by atoms with van der Waals surface area (Å²) in [5.74, 6) is 0.0724. The summed E-state index contributed by atoms with van der Waals surface area (Å²) in [5.41, 5.74) is 8.16. The molecule has 1 aliphatic rings. The van der Waals surface area contributed by atoms with E-state index in [2.05, 4.69) is 12.1 Å². The molecule has 2 rings (SSSR count). The van der Waals surface area contributed by atoms with Crippen molar-refractivity contribution < 1.29 is 4.79 Å². The average Bonchev–Trinajstić information content (AvgIpc) is 2.65. The molecule has 19 heavy (non-hydrogen) atoms. The van der Waals surface area contributed by atoms with E-state index in [-0.39, 0.29) is 5.91 Å². The van der Waals surface area contributed by atoms with E-state index >= 15 is 0 Å². The van der Waals surface area contributed by atoms with Crippen LogP contribution in [0.2, 0.25) is 0 Å². The maximum absolute atomic E-state index is 12.1. The van der Waals surface area contributed by atoms with Gasteiger partial charge in [0.2, 0.25) is 5.91 Å². The minimum atomic E-state index is -0.535. The molecule has 0 saturated heterocycles. The molecule has 0 unspecified atom stereocenters. The van der Waals surface area contributed by atoms with E-state index in [4.69, 9.17) is 11.0 Å². The second-order valence-corrected chi connectivity index (χ2v) is 5.65. The largest absolute Gasteiger partial charge is 0.330 e. The van der Waals surface area contributed by atoms with Crippen molar-refractivity contribution in [3.63, 3.8) is 0 Å². The Hall–Kier alpha value is -1.86. The highest BCUT2D eigenvalue weighted by molar-refractivity contribution is 6.01. The maximum Gasteiger partial charge on any atom is 0.231 e. The standard InChI is InChI=1S/C15H19N3O/c1-15(2,9-17)10-18-13-4-3-11(5-6-16)7-12(13)8-14(18)19/h3-4,7H,5-6,8,10,16H2,1-2H3. The van der Waals surface area contributed by atoms with Crippen LogP contribution in [0.25, 0.3) is 0 Å². The molecule has 1 amide bonds. The van der Waals surface area contributed by atoms with Gasteiger partial charge < -0.3 is 10.6 Å². The number of fused-ring (bicyclic) bond motifs is 1. The van der Waals surface area contributed by atoms with Crippen LogP contribution < -0.4 is 10.6 Å². The van der Waals surface area contributed by atoms with Gasteiger partial charge in [0.15, 0.2) is 0 Å². The van der Waals surface area contributed by atoms with Crippen molar-refractivity contribution in [3.05, 3.63) is 29.3 Å². The highest BCUT2D eigenvalue weighted by atomic mass is 16.2. The van der Waals surface area contributed by atoms with Gasteiger partial charge in [0.05, 0.1) is 17.9 Å². The Morgan fingerprint density at radius 1 is 1.47 bits per heavy atom. The number of nitriles is 1. The normalized spacial score (nSPS) is 14.4. The summed E-state index contributed by atoms with van der Waals surface area (Å²) in [6.07, 6.45) is 1.25. The van der Waals surface area contributed by atoms with E-state index in [1.165, 1.54) is 0 Å². The predicted octanol–water partition coefficient (Wildman–Crippen LogP) is 1.63. The monoisotopic (exact) mass is 257 g/mol. The summed E-state index contributed by atoms with van der Waals surface area (Å²) < 4.78 is 0. The molecule has 2 N–H and O–H groups in total. The van der Waals surface area contributed by atoms with E-state index in [0.717, 1.165) is 23.2 Å². The number of hydrogen-bond donors (Lipinski definition) is 1. The van der Waals surface area contributed by atoms with E-state index in [0.29, 0.717) is 19.5 Å². The number of amides is 1. The lowest BCUT2D eigenvalue weighted by molar-refractivity contribution is -0.117. The highest BCUT2D eigenvalue weighted by Gasteiger charge is 2.32. The zero-order valence-corrected chi connectivity index (χ0v) is 11.4. The molecular weight excluding hydrogens is 238 g/mol. The van der Waals surface area contributed by atoms with Crippen molar-refractivity contribution in [2.45, 2.75) is 26.7 Å². The molecule has 1 heterocycles. The van der Waals surface area contributed by atoms with Gasteiger partial charge in [-0.3, -0.25) is 4.79 Å². The van der Waals surface area contributed by atoms with Gasteiger partial charge >= 0.3 is 0 Å². The van der Waals surface area contributed by atoms with E-state index in [1.807, 2.05) is 26.0 Å². The summed E-state index contributed by atoms with van der Waals surface area (Å²) in [5, 5.41) is 9.10. The molecular formula is C15H19N3O. The van der Waals surface area contributed by atoms with Crippen LogP contribution in [-0.4, -0.2) is 19.0 Å². The number of nitrogens with zero attached hydrogens (tertiary/aromatic N) is 2. The zero-order chi connectivity index (χ0) is 14.0. The van der Waals surface area contributed by atoms with Crippen molar-refractivity contribution in [1.29, 1.82) is 5.26 Å². The van der Waals surface area contributed by atoms with Gasteiger partial charge in [-0.25, -0.2) is 0 Å². The second-order valence-electron chi connectivity index (χ2n) is 5.65. The predicted molar refractivity (Wildman–Crippen MR) is 74.7 cm³/mol. The van der Waals surface area contributed by atoms with Crippen LogP contribution in [0.15, 0.2) is 18.2 Å². The first-order chi connectivity index (χ1) is 8.96. The number of hydrogen-bond acceptors (Lipinski definition) is 3. The molecule has 0 aromatic heterocycles. The molecule has 0 bridgehead atoms. The first-order valence-electron chi connectivity index (χ1n) is 6.50. The third-order valence-corrected chi connectivity index (χ3v) is 3.37. The van der Waals surface area contributed by atoms with Crippen LogP contribution in [0.5, 0.6) is 0 Å². The van der Waals surface area contributed by atoms with E-state index in [1.54, 1.807) is 4.90 Å². The number of benzene rings is 1. The number of carbonyl (C=O) groups excluding carboxylic acids is 1. The fourth-order valence-electron chi connectivity index (χ4n) is 2.36. The van der Waals surface area contributed by atoms with Gasteiger partial charge in [-0.05, 0) is 44.0 Å². The van der Waals surface area contributed by atoms with Crippen LogP contribution >= 0.6 is 0 Å². The Bertz CT molecular complexity index is 543. The van der Waals surface area contributed by atoms with Crippen LogP contribution in [0.4, 0.5) is 5.69 Å². The van der Waals surface area contributed by atoms with Gasteiger partial charge in [-0.1, -0.05) is 12.1 Å². The van der Waals surface area contributed by atoms with Crippen LogP contribution in [0.1, 0.15) is 25.0 Å². The van der Waals surface area contributed by atoms with Crippen molar-refractivity contribution >= 4 is 11.6 Å². The van der Waals surface area contributed by atoms with Crippen molar-refractivity contribution in [2.24, 2.45) is 11.1 Å². The molecule has 1 aliphatic heterocycles. The number of carbonyl (C=O) groups is 1. The number of anilines is 1. The molecule has 4 heteroatoms. The van der Waals surface area contributed by atoms with Crippen molar-refractivity contribution in [2.75, 3.05) is 18.0 Å². The SMILES string of the molecule is CC(C)(C#N)CN1C(=O)Cc2cc(CCN)ccc21. The molecule has 0 saturated carbocycles. The number of nitrogens with two attached hydrogens (primary N) is 1. The van der Waals surface area contributed by atoms with Crippen molar-refractivity contribution in [3.8, 4) is 6.07 Å². The highest BCUT2D eigenvalue weighted by Crippen LogP contribution is 2.32. The maximum atomic E-state index is 12.1. The fraction of sp³-hybridized carbons (Fsp3) is 0.467. The third kappa shape index (κ3) is 2.77. The average molecular weight is 257 g/mol. The molecule has 1 aromatic carbocycles. The summed E-state index contributed by atoms with van der Waals surface area (Å²) in [4.78, 5) is 13.8. The molecule has 0 spiro atoms. The minimum Gasteiger partial charge on any atom is -0.330 e. The first kappa shape index (κ1) is 13.6. The van der Waals surface area contributed by atoms with Gasteiger partial charge in [0.1, 0.15) is 0 Å². The smallest absolute Gasteiger partial charge is 0.231 e. The Morgan fingerprint density at radius 3 is 2.84 bits per heavy atom. The molecule has 1 aromatic rings. The Balaban J connectivity index is 2.27. The Morgan fingerprint density at radius 2 is 2.21 bits per heavy atom. The topological polar surface area (TPSA) is 70.1 Å². The number of rotatable bonds is 4. The molecule has 0 fully saturated rings. The fourth-order valence-corrected chi connectivity index (χ4v) is 2.36. The van der Waals surface area contributed by atoms with Crippen LogP contribution in [-0.2, 0) is 17.6 Å². The lowest BCUT2D eigenvalue weighted by Gasteiger charge is -2.25. The van der Waals surface area contributed by atoms with Crippen molar-refractivity contribution in [1.82, 2.24) is 0 Å². The summed E-state index contributed by atoms with van der Waals surface area (Å²) >= 11 is 0. The van der Waals surface area contributed by atoms with Gasteiger partial charge in [-0.15, -0.1) is 0 Å². The lowest BCUT2D eigenvalue weighted by Crippen LogP contribution is -2.35.